The Balaban J connectivity index is 1.20. The summed E-state index contributed by atoms with van der Waals surface area (Å²) in [6.45, 7) is 3.01. The minimum atomic E-state index is -0.209. The minimum Gasteiger partial charge on any atom is -0.382 e. The SMILES string of the molecule is CCCCc1nc2c(N)nc3ccccc3c2n1CCCCC(CCCC1SCC2NC(=O)NC21)C(N)=O. The number of hydrogen-bond donors (Lipinski definition) is 4. The van der Waals surface area contributed by atoms with Crippen molar-refractivity contribution in [2.24, 2.45) is 11.7 Å². The molecule has 0 spiro atoms. The van der Waals surface area contributed by atoms with Crippen molar-refractivity contribution >= 4 is 51.5 Å². The van der Waals surface area contributed by atoms with E-state index in [4.69, 9.17) is 16.5 Å². The van der Waals surface area contributed by atoms with Gasteiger partial charge in [-0.1, -0.05) is 44.4 Å². The number of carbonyl (C=O) groups is 2. The number of nitrogens with zero attached hydrogens (tertiary/aromatic N) is 3. The van der Waals surface area contributed by atoms with Crippen LogP contribution < -0.4 is 22.1 Å². The second kappa shape index (κ2) is 11.8. The number of fused-ring (bicyclic) bond motifs is 4. The van der Waals surface area contributed by atoms with E-state index in [1.807, 2.05) is 30.0 Å². The minimum absolute atomic E-state index is 0.0595. The van der Waals surface area contributed by atoms with Crippen LogP contribution in [0, 0.1) is 5.92 Å². The summed E-state index contributed by atoms with van der Waals surface area (Å²) in [6.07, 6.45) is 8.44. The molecule has 0 bridgehead atoms. The van der Waals surface area contributed by atoms with Gasteiger partial charge in [-0.15, -0.1) is 0 Å². The molecule has 4 heterocycles. The molecule has 4 unspecified atom stereocenters. The molecule has 2 aromatic heterocycles. The van der Waals surface area contributed by atoms with Crippen molar-refractivity contribution in [2.75, 3.05) is 11.5 Å². The van der Waals surface area contributed by atoms with E-state index in [0.717, 1.165) is 97.8 Å². The Kier molecular flexibility index (Phi) is 8.26. The number of primary amides is 1. The Bertz CT molecular complexity index is 1310. The molecule has 4 atom stereocenters. The lowest BCUT2D eigenvalue weighted by Gasteiger charge is -2.18. The molecular formula is C28H39N7O2S. The number of nitrogen functional groups attached to an aromatic ring is 1. The summed E-state index contributed by atoms with van der Waals surface area (Å²) in [5.41, 5.74) is 14.8. The van der Waals surface area contributed by atoms with Gasteiger partial charge in [-0.2, -0.15) is 11.8 Å². The fourth-order valence-electron chi connectivity index (χ4n) is 5.97. The molecule has 3 amide bonds. The van der Waals surface area contributed by atoms with Gasteiger partial charge in [0.15, 0.2) is 5.82 Å². The van der Waals surface area contributed by atoms with Crippen LogP contribution in [-0.4, -0.2) is 49.6 Å². The van der Waals surface area contributed by atoms with E-state index >= 15 is 0 Å². The molecule has 2 aliphatic heterocycles. The molecule has 1 aromatic carbocycles. The summed E-state index contributed by atoms with van der Waals surface area (Å²) in [6, 6.07) is 8.46. The highest BCUT2D eigenvalue weighted by Gasteiger charge is 2.42. The number of nitrogens with one attached hydrogen (secondary N) is 2. The molecule has 38 heavy (non-hydrogen) atoms. The molecule has 2 aliphatic rings. The first kappa shape index (κ1) is 26.6. The maximum absolute atomic E-state index is 12.2. The summed E-state index contributed by atoms with van der Waals surface area (Å²) in [4.78, 5) is 33.3. The Morgan fingerprint density at radius 1 is 1.16 bits per heavy atom. The van der Waals surface area contributed by atoms with Crippen molar-refractivity contribution in [1.82, 2.24) is 25.2 Å². The van der Waals surface area contributed by atoms with Crippen molar-refractivity contribution in [2.45, 2.75) is 88.6 Å². The standard InChI is InChI=1S/C28H39N7O2S/c1-2-3-14-22-33-24-25(18-11-4-5-12-19(18)31-26(24)29)35(22)15-7-6-9-17(27(30)36)10-8-13-21-23-20(16-38-21)32-28(37)34-23/h4-5,11-12,17,20-21,23H,2-3,6-10,13-16H2,1H3,(H2,29,31)(H2,30,36)(H2,32,34,37). The molecule has 2 saturated heterocycles. The molecule has 3 aromatic rings. The summed E-state index contributed by atoms with van der Waals surface area (Å²) >= 11 is 1.91. The van der Waals surface area contributed by atoms with Crippen LogP contribution in [0.5, 0.6) is 0 Å². The summed E-state index contributed by atoms with van der Waals surface area (Å²) < 4.78 is 2.32. The van der Waals surface area contributed by atoms with Gasteiger partial charge in [-0.3, -0.25) is 4.79 Å². The quantitative estimate of drug-likeness (QED) is 0.191. The number of benzene rings is 1. The second-order valence-corrected chi connectivity index (χ2v) is 11.9. The average molecular weight is 538 g/mol. The number of aromatic nitrogens is 3. The van der Waals surface area contributed by atoms with E-state index < -0.39 is 0 Å². The zero-order valence-corrected chi connectivity index (χ0v) is 22.9. The predicted octanol–water partition coefficient (Wildman–Crippen LogP) is 4.12. The number of anilines is 1. The number of thioether (sulfide) groups is 1. The molecule has 0 aliphatic carbocycles. The van der Waals surface area contributed by atoms with Crippen LogP contribution in [0.4, 0.5) is 10.6 Å². The predicted molar refractivity (Wildman–Crippen MR) is 154 cm³/mol. The number of hydrogen-bond acceptors (Lipinski definition) is 6. The van der Waals surface area contributed by atoms with Gasteiger partial charge in [0, 0.05) is 35.3 Å². The van der Waals surface area contributed by atoms with E-state index in [2.05, 4.69) is 33.2 Å². The molecular weight excluding hydrogens is 498 g/mol. The summed E-state index contributed by atoms with van der Waals surface area (Å²) in [5, 5.41) is 7.51. The number of carbonyl (C=O) groups excluding carboxylic acids is 2. The maximum Gasteiger partial charge on any atom is 0.315 e. The third-order valence-corrected chi connectivity index (χ3v) is 9.52. The highest BCUT2D eigenvalue weighted by molar-refractivity contribution is 8.00. The van der Waals surface area contributed by atoms with Crippen LogP contribution >= 0.6 is 11.8 Å². The smallest absolute Gasteiger partial charge is 0.315 e. The van der Waals surface area contributed by atoms with Gasteiger partial charge in [0.05, 0.1) is 23.1 Å². The van der Waals surface area contributed by atoms with E-state index in [1.54, 1.807) is 0 Å². The molecule has 2 fully saturated rings. The topological polar surface area (TPSA) is 141 Å². The highest BCUT2D eigenvalue weighted by atomic mass is 32.2. The lowest BCUT2D eigenvalue weighted by Crippen LogP contribution is -2.36. The van der Waals surface area contributed by atoms with E-state index in [9.17, 15) is 9.59 Å². The molecule has 10 heteroatoms. The number of rotatable bonds is 13. The van der Waals surface area contributed by atoms with Gasteiger partial charge in [-0.05, 0) is 38.2 Å². The van der Waals surface area contributed by atoms with Crippen molar-refractivity contribution in [1.29, 1.82) is 0 Å². The average Bonchev–Trinajstić information content (AvgIpc) is 3.57. The Morgan fingerprint density at radius 3 is 2.79 bits per heavy atom. The summed E-state index contributed by atoms with van der Waals surface area (Å²) in [5.74, 6) is 2.16. The number of urea groups is 1. The fraction of sp³-hybridized carbons (Fsp3) is 0.571. The van der Waals surface area contributed by atoms with Crippen LogP contribution in [0.2, 0.25) is 0 Å². The van der Waals surface area contributed by atoms with Crippen molar-refractivity contribution in [3.05, 3.63) is 30.1 Å². The number of para-hydroxylation sites is 1. The lowest BCUT2D eigenvalue weighted by molar-refractivity contribution is -0.122. The van der Waals surface area contributed by atoms with Gasteiger partial charge in [0.1, 0.15) is 11.3 Å². The lowest BCUT2D eigenvalue weighted by atomic mass is 9.93. The number of unbranched alkanes of at least 4 members (excludes halogenated alkanes) is 2. The largest absolute Gasteiger partial charge is 0.382 e. The number of aryl methyl sites for hydroxylation is 2. The van der Waals surface area contributed by atoms with Gasteiger partial charge in [-0.25, -0.2) is 14.8 Å². The first-order valence-electron chi connectivity index (χ1n) is 14.0. The third kappa shape index (κ3) is 5.55. The van der Waals surface area contributed by atoms with Crippen LogP contribution in [0.15, 0.2) is 24.3 Å². The number of nitrogens with two attached hydrogens (primary N) is 2. The zero-order chi connectivity index (χ0) is 26.6. The molecule has 9 nitrogen and oxygen atoms in total. The Morgan fingerprint density at radius 2 is 1.97 bits per heavy atom. The van der Waals surface area contributed by atoms with Crippen LogP contribution in [0.25, 0.3) is 21.9 Å². The number of amides is 3. The number of pyridine rings is 1. The van der Waals surface area contributed by atoms with Gasteiger partial charge >= 0.3 is 6.03 Å². The first-order chi connectivity index (χ1) is 18.5. The van der Waals surface area contributed by atoms with E-state index in [-0.39, 0.29) is 29.9 Å². The van der Waals surface area contributed by atoms with Crippen LogP contribution in [-0.2, 0) is 17.8 Å². The fourth-order valence-corrected chi connectivity index (χ4v) is 7.51. The third-order valence-electron chi connectivity index (χ3n) is 8.01. The van der Waals surface area contributed by atoms with Gasteiger partial charge in [0.2, 0.25) is 5.91 Å². The zero-order valence-electron chi connectivity index (χ0n) is 22.1. The van der Waals surface area contributed by atoms with Crippen molar-refractivity contribution in [3.8, 4) is 0 Å². The van der Waals surface area contributed by atoms with Crippen molar-refractivity contribution in [3.63, 3.8) is 0 Å². The molecule has 5 rings (SSSR count). The maximum atomic E-state index is 12.2. The molecule has 6 N–H and O–H groups in total. The van der Waals surface area contributed by atoms with Crippen LogP contribution in [0.3, 0.4) is 0 Å². The Hall–Kier alpha value is -3.01. The van der Waals surface area contributed by atoms with Crippen LogP contribution in [0.1, 0.15) is 64.1 Å². The first-order valence-corrected chi connectivity index (χ1v) is 15.0. The number of imidazole rings is 1. The highest BCUT2D eigenvalue weighted by Crippen LogP contribution is 2.34. The molecule has 0 radical (unpaired) electrons. The Labute approximate surface area is 227 Å². The van der Waals surface area contributed by atoms with Crippen molar-refractivity contribution < 1.29 is 9.59 Å². The molecule has 0 saturated carbocycles. The summed E-state index contributed by atoms with van der Waals surface area (Å²) in [7, 11) is 0. The van der Waals surface area contributed by atoms with E-state index in [1.165, 1.54) is 0 Å². The van der Waals surface area contributed by atoms with Gasteiger partial charge < -0.3 is 26.7 Å². The van der Waals surface area contributed by atoms with E-state index in [0.29, 0.717) is 11.1 Å². The molecule has 204 valence electrons. The second-order valence-electron chi connectivity index (χ2n) is 10.6. The monoisotopic (exact) mass is 537 g/mol. The normalized spacial score (nSPS) is 21.5. The van der Waals surface area contributed by atoms with Gasteiger partial charge in [0.25, 0.3) is 0 Å².